The third-order valence-corrected chi connectivity index (χ3v) is 4.49. The number of fused-ring (bicyclic) bond motifs is 1. The van der Waals surface area contributed by atoms with Crippen molar-refractivity contribution >= 4 is 22.7 Å². The Bertz CT molecular complexity index is 1050. The maximum atomic E-state index is 12.4. The number of ether oxygens (including phenoxy) is 2. The Morgan fingerprint density at radius 2 is 1.97 bits per heavy atom. The van der Waals surface area contributed by atoms with Crippen LogP contribution in [-0.2, 0) is 11.3 Å². The summed E-state index contributed by atoms with van der Waals surface area (Å²) in [6, 6.07) is 14.9. The number of benzene rings is 2. The molecule has 3 rings (SSSR count). The van der Waals surface area contributed by atoms with Gasteiger partial charge >= 0.3 is 6.09 Å². The summed E-state index contributed by atoms with van der Waals surface area (Å²) in [7, 11) is 0. The summed E-state index contributed by atoms with van der Waals surface area (Å²) >= 11 is 0. The number of nitriles is 1. The number of nitrogens with zero attached hydrogens (tertiary/aromatic N) is 2. The number of anilines is 1. The molecule has 1 N–H and O–H groups in total. The van der Waals surface area contributed by atoms with Gasteiger partial charge in [0.25, 0.3) is 0 Å². The van der Waals surface area contributed by atoms with Crippen molar-refractivity contribution in [2.75, 3.05) is 25.2 Å². The van der Waals surface area contributed by atoms with Gasteiger partial charge in [0.05, 0.1) is 23.4 Å². The largest absolute Gasteiger partial charge is 0.491 e. The first-order valence-corrected chi connectivity index (χ1v) is 9.42. The molecule has 29 heavy (non-hydrogen) atoms. The number of hydrogen-bond acceptors (Lipinski definition) is 4. The Hall–Kier alpha value is -3.53. The van der Waals surface area contributed by atoms with E-state index in [1.165, 1.54) is 0 Å². The summed E-state index contributed by atoms with van der Waals surface area (Å²) in [6.07, 6.45) is -0.513. The predicted octanol–water partition coefficient (Wildman–Crippen LogP) is 5.12. The normalized spacial score (nSPS) is 10.6. The van der Waals surface area contributed by atoms with Crippen LogP contribution in [0.2, 0.25) is 0 Å². The Kier molecular flexibility index (Phi) is 6.35. The first kappa shape index (κ1) is 20.2. The Balaban J connectivity index is 2.04. The standard InChI is InChI=1S/C22H22FN3O3/c1-3-26-20-13-17(29-12-11-23)9-10-18(20)19(14-24)21(26)15-5-7-16(8-6-15)25-22(27)28-4-2/h5-10,13H,3-4,11-12H2,1-2H3,(H,25,27). The van der Waals surface area contributed by atoms with Crippen LogP contribution in [0.15, 0.2) is 42.5 Å². The number of rotatable bonds is 7. The van der Waals surface area contributed by atoms with Gasteiger partial charge in [-0.3, -0.25) is 5.32 Å². The van der Waals surface area contributed by atoms with E-state index in [1.54, 1.807) is 25.1 Å². The Labute approximate surface area is 168 Å². The van der Waals surface area contributed by atoms with Crippen molar-refractivity contribution in [1.29, 1.82) is 5.26 Å². The van der Waals surface area contributed by atoms with Gasteiger partial charge in [-0.25, -0.2) is 9.18 Å². The minimum Gasteiger partial charge on any atom is -0.491 e. The van der Waals surface area contributed by atoms with Crippen LogP contribution in [0.25, 0.3) is 22.2 Å². The highest BCUT2D eigenvalue weighted by atomic mass is 19.1. The third kappa shape index (κ3) is 4.16. The van der Waals surface area contributed by atoms with Gasteiger partial charge in [0.1, 0.15) is 25.1 Å². The number of carbonyl (C=O) groups excluding carboxylic acids is 1. The van der Waals surface area contributed by atoms with Gasteiger partial charge in [-0.15, -0.1) is 0 Å². The lowest BCUT2D eigenvalue weighted by Gasteiger charge is -2.11. The smallest absolute Gasteiger partial charge is 0.411 e. The molecule has 0 atom stereocenters. The molecule has 7 heteroatoms. The van der Waals surface area contributed by atoms with E-state index in [1.807, 2.05) is 35.8 Å². The first-order chi connectivity index (χ1) is 14.1. The monoisotopic (exact) mass is 395 g/mol. The number of halogens is 1. The minimum atomic E-state index is -0.562. The van der Waals surface area contributed by atoms with Crippen LogP contribution in [-0.4, -0.2) is 30.5 Å². The van der Waals surface area contributed by atoms with E-state index in [2.05, 4.69) is 11.4 Å². The molecule has 0 unspecified atom stereocenters. The molecule has 0 aliphatic rings. The van der Waals surface area contributed by atoms with E-state index in [0.29, 0.717) is 30.2 Å². The van der Waals surface area contributed by atoms with Crippen LogP contribution in [0.1, 0.15) is 19.4 Å². The van der Waals surface area contributed by atoms with E-state index >= 15 is 0 Å². The quantitative estimate of drug-likeness (QED) is 0.603. The van der Waals surface area contributed by atoms with Crippen LogP contribution in [0.5, 0.6) is 5.75 Å². The highest BCUT2D eigenvalue weighted by Gasteiger charge is 2.18. The average Bonchev–Trinajstić information content (AvgIpc) is 3.05. The highest BCUT2D eigenvalue weighted by Crippen LogP contribution is 2.35. The second kappa shape index (κ2) is 9.11. The molecule has 0 saturated carbocycles. The van der Waals surface area contributed by atoms with Gasteiger partial charge in [-0.1, -0.05) is 12.1 Å². The summed E-state index contributed by atoms with van der Waals surface area (Å²) in [4.78, 5) is 11.6. The zero-order chi connectivity index (χ0) is 20.8. The van der Waals surface area contributed by atoms with Gasteiger partial charge in [0.2, 0.25) is 0 Å². The summed E-state index contributed by atoms with van der Waals surface area (Å²) in [5.41, 5.74) is 3.65. The molecule has 0 bridgehead atoms. The third-order valence-electron chi connectivity index (χ3n) is 4.49. The van der Waals surface area contributed by atoms with Gasteiger partial charge in [0.15, 0.2) is 0 Å². The molecule has 0 spiro atoms. The Morgan fingerprint density at radius 1 is 1.21 bits per heavy atom. The summed E-state index contributed by atoms with van der Waals surface area (Å²) in [5.74, 6) is 0.562. The molecular weight excluding hydrogens is 373 g/mol. The van der Waals surface area contributed by atoms with E-state index in [9.17, 15) is 14.4 Å². The molecule has 1 aromatic heterocycles. The summed E-state index contributed by atoms with van der Waals surface area (Å²) in [6.45, 7) is 4.10. The second-order valence-electron chi connectivity index (χ2n) is 6.22. The van der Waals surface area contributed by atoms with Crippen molar-refractivity contribution in [3.05, 3.63) is 48.0 Å². The molecule has 0 saturated heterocycles. The molecule has 3 aromatic rings. The Morgan fingerprint density at radius 3 is 2.59 bits per heavy atom. The van der Waals surface area contributed by atoms with Crippen molar-refractivity contribution in [2.45, 2.75) is 20.4 Å². The van der Waals surface area contributed by atoms with E-state index in [-0.39, 0.29) is 6.61 Å². The zero-order valence-electron chi connectivity index (χ0n) is 16.4. The van der Waals surface area contributed by atoms with Crippen LogP contribution in [0.3, 0.4) is 0 Å². The molecule has 2 aromatic carbocycles. The summed E-state index contributed by atoms with van der Waals surface area (Å²) in [5, 5.41) is 13.3. The van der Waals surface area contributed by atoms with Crippen molar-refractivity contribution in [2.24, 2.45) is 0 Å². The van der Waals surface area contributed by atoms with Crippen molar-refractivity contribution in [3.63, 3.8) is 0 Å². The molecule has 0 radical (unpaired) electrons. The van der Waals surface area contributed by atoms with E-state index in [0.717, 1.165) is 22.2 Å². The lowest BCUT2D eigenvalue weighted by molar-refractivity contribution is 0.168. The molecule has 1 amide bonds. The number of carbonyl (C=O) groups is 1. The first-order valence-electron chi connectivity index (χ1n) is 9.42. The molecular formula is C22H22FN3O3. The van der Waals surface area contributed by atoms with Crippen molar-refractivity contribution in [1.82, 2.24) is 4.57 Å². The SMILES string of the molecule is CCOC(=O)Nc1ccc(-c2c(C#N)c3ccc(OCCF)cc3n2CC)cc1. The van der Waals surface area contributed by atoms with E-state index < -0.39 is 12.8 Å². The number of alkyl halides is 1. The lowest BCUT2D eigenvalue weighted by atomic mass is 10.1. The lowest BCUT2D eigenvalue weighted by Crippen LogP contribution is -2.13. The number of nitrogens with one attached hydrogen (secondary N) is 1. The number of amides is 1. The molecule has 1 heterocycles. The maximum absolute atomic E-state index is 12.4. The predicted molar refractivity (Wildman–Crippen MR) is 110 cm³/mol. The van der Waals surface area contributed by atoms with Crippen LogP contribution in [0, 0.1) is 11.3 Å². The highest BCUT2D eigenvalue weighted by molar-refractivity contribution is 5.95. The van der Waals surface area contributed by atoms with Crippen LogP contribution >= 0.6 is 0 Å². The molecule has 150 valence electrons. The minimum absolute atomic E-state index is 0.00870. The van der Waals surface area contributed by atoms with Gasteiger partial charge in [-0.2, -0.15) is 5.26 Å². The van der Waals surface area contributed by atoms with E-state index in [4.69, 9.17) is 9.47 Å². The zero-order valence-corrected chi connectivity index (χ0v) is 16.4. The molecule has 0 aliphatic carbocycles. The fourth-order valence-corrected chi connectivity index (χ4v) is 3.31. The van der Waals surface area contributed by atoms with Gasteiger partial charge in [-0.05, 0) is 43.7 Å². The van der Waals surface area contributed by atoms with Gasteiger partial charge < -0.3 is 14.0 Å². The van der Waals surface area contributed by atoms with Crippen molar-refractivity contribution in [3.8, 4) is 23.1 Å². The van der Waals surface area contributed by atoms with Gasteiger partial charge in [0, 0.05) is 23.7 Å². The molecule has 6 nitrogen and oxygen atoms in total. The molecule has 0 fully saturated rings. The fourth-order valence-electron chi connectivity index (χ4n) is 3.31. The summed E-state index contributed by atoms with van der Waals surface area (Å²) < 4.78 is 24.7. The topological polar surface area (TPSA) is 76.3 Å². The van der Waals surface area contributed by atoms with Crippen LogP contribution < -0.4 is 10.1 Å². The van der Waals surface area contributed by atoms with Crippen molar-refractivity contribution < 1.29 is 18.7 Å². The number of hydrogen-bond donors (Lipinski definition) is 1. The average molecular weight is 395 g/mol. The second-order valence-corrected chi connectivity index (χ2v) is 6.22. The van der Waals surface area contributed by atoms with Crippen LogP contribution in [0.4, 0.5) is 14.9 Å². The molecule has 0 aliphatic heterocycles. The maximum Gasteiger partial charge on any atom is 0.411 e. The number of aryl methyl sites for hydroxylation is 1. The number of aromatic nitrogens is 1. The fraction of sp³-hybridized carbons (Fsp3) is 0.273.